The first-order valence-electron chi connectivity index (χ1n) is 9.15. The Morgan fingerprint density at radius 3 is 2.43 bits per heavy atom. The van der Waals surface area contributed by atoms with Crippen molar-refractivity contribution in [3.63, 3.8) is 0 Å². The highest BCUT2D eigenvalue weighted by molar-refractivity contribution is 5.90. The van der Waals surface area contributed by atoms with Gasteiger partial charge in [0.05, 0.1) is 16.3 Å². The SMILES string of the molecule is O=CN(CCc1c(-c2ccccn2)[nH]c2ccccc12)c1ccc([N+](=O)[O-])cc1.[Br-]. The molecule has 2 aromatic heterocycles. The van der Waals surface area contributed by atoms with E-state index in [2.05, 4.69) is 9.97 Å². The molecular weight excluding hydrogens is 448 g/mol. The molecule has 0 aliphatic rings. The number of carbonyl (C=O) groups excluding carboxylic acids is 1. The van der Waals surface area contributed by atoms with E-state index in [4.69, 9.17) is 0 Å². The van der Waals surface area contributed by atoms with Crippen LogP contribution in [0.4, 0.5) is 11.4 Å². The number of aromatic nitrogens is 2. The van der Waals surface area contributed by atoms with Crippen LogP contribution in [0.3, 0.4) is 0 Å². The molecule has 0 atom stereocenters. The van der Waals surface area contributed by atoms with Gasteiger partial charge in [-0.15, -0.1) is 0 Å². The molecule has 30 heavy (non-hydrogen) atoms. The number of nitrogens with zero attached hydrogens (tertiary/aromatic N) is 3. The van der Waals surface area contributed by atoms with Gasteiger partial charge in [-0.05, 0) is 42.3 Å². The standard InChI is InChI=1S/C22H18N4O3.BrH/c27-15-25(16-8-10-17(11-9-16)26(28)29)14-12-19-18-5-1-2-6-20(18)24-22(19)21-7-3-4-13-23-21;/h1-11,13,15,24H,12,14H2;1H/p-1. The second kappa shape index (κ2) is 9.32. The maximum atomic E-state index is 11.7. The molecule has 8 heteroatoms. The molecule has 4 aromatic rings. The summed E-state index contributed by atoms with van der Waals surface area (Å²) in [5.74, 6) is 0. The number of amides is 1. The number of nitro groups is 1. The molecule has 1 N–H and O–H groups in total. The molecule has 1 amide bonds. The number of hydrogen-bond acceptors (Lipinski definition) is 4. The minimum absolute atomic E-state index is 0. The summed E-state index contributed by atoms with van der Waals surface area (Å²) in [7, 11) is 0. The molecule has 0 aliphatic heterocycles. The van der Waals surface area contributed by atoms with Gasteiger partial charge in [0, 0.05) is 41.5 Å². The van der Waals surface area contributed by atoms with Crippen LogP contribution in [0, 0.1) is 10.1 Å². The molecule has 4 rings (SSSR count). The summed E-state index contributed by atoms with van der Waals surface area (Å²) >= 11 is 0. The zero-order chi connectivity index (χ0) is 20.2. The summed E-state index contributed by atoms with van der Waals surface area (Å²) in [4.78, 5) is 31.5. The summed E-state index contributed by atoms with van der Waals surface area (Å²) in [6.45, 7) is 0.434. The molecule has 0 saturated carbocycles. The fourth-order valence-electron chi connectivity index (χ4n) is 3.43. The Balaban J connectivity index is 0.00000256. The number of aromatic amines is 1. The lowest BCUT2D eigenvalue weighted by Gasteiger charge is -2.17. The average Bonchev–Trinajstić information content (AvgIpc) is 3.14. The number of halogens is 1. The summed E-state index contributed by atoms with van der Waals surface area (Å²) in [6, 6.07) is 19.7. The Hall–Kier alpha value is -3.52. The smallest absolute Gasteiger partial charge is 0.269 e. The maximum absolute atomic E-state index is 11.7. The van der Waals surface area contributed by atoms with Gasteiger partial charge in [-0.1, -0.05) is 24.3 Å². The van der Waals surface area contributed by atoms with Gasteiger partial charge in [0.2, 0.25) is 6.41 Å². The van der Waals surface area contributed by atoms with E-state index < -0.39 is 4.92 Å². The van der Waals surface area contributed by atoms with E-state index in [1.54, 1.807) is 23.2 Å². The zero-order valence-electron chi connectivity index (χ0n) is 15.9. The maximum Gasteiger partial charge on any atom is 0.269 e. The van der Waals surface area contributed by atoms with Crippen LogP contribution < -0.4 is 21.9 Å². The van der Waals surface area contributed by atoms with Gasteiger partial charge < -0.3 is 26.9 Å². The summed E-state index contributed by atoms with van der Waals surface area (Å²) in [5.41, 5.74) is 4.47. The third kappa shape index (κ3) is 4.23. The number of non-ortho nitro benzene ring substituents is 1. The van der Waals surface area contributed by atoms with Crippen LogP contribution >= 0.6 is 0 Å². The van der Waals surface area contributed by atoms with E-state index >= 15 is 0 Å². The van der Waals surface area contributed by atoms with Crippen molar-refractivity contribution in [3.8, 4) is 11.4 Å². The lowest BCUT2D eigenvalue weighted by Crippen LogP contribution is -3.00. The van der Waals surface area contributed by atoms with Crippen LogP contribution in [0.5, 0.6) is 0 Å². The zero-order valence-corrected chi connectivity index (χ0v) is 17.5. The molecule has 0 radical (unpaired) electrons. The second-order valence-electron chi connectivity index (χ2n) is 6.56. The van der Waals surface area contributed by atoms with Gasteiger partial charge in [0.1, 0.15) is 0 Å². The highest BCUT2D eigenvalue weighted by Gasteiger charge is 2.16. The molecule has 0 saturated heterocycles. The average molecular weight is 466 g/mol. The predicted octanol–water partition coefficient (Wildman–Crippen LogP) is 1.35. The molecule has 2 heterocycles. The van der Waals surface area contributed by atoms with E-state index in [-0.39, 0.29) is 22.7 Å². The number of pyridine rings is 1. The summed E-state index contributed by atoms with van der Waals surface area (Å²) in [6.07, 6.45) is 3.10. The topological polar surface area (TPSA) is 92.1 Å². The lowest BCUT2D eigenvalue weighted by atomic mass is 10.0. The Morgan fingerprint density at radius 2 is 1.77 bits per heavy atom. The number of hydrogen-bond donors (Lipinski definition) is 1. The highest BCUT2D eigenvalue weighted by Crippen LogP contribution is 2.30. The van der Waals surface area contributed by atoms with Crippen LogP contribution in [0.1, 0.15) is 5.56 Å². The fourth-order valence-corrected chi connectivity index (χ4v) is 3.43. The first kappa shape index (κ1) is 21.2. The molecule has 0 unspecified atom stereocenters. The normalized spacial score (nSPS) is 10.4. The van der Waals surface area contributed by atoms with Crippen molar-refractivity contribution in [2.75, 3.05) is 11.4 Å². The molecule has 0 fully saturated rings. The summed E-state index contributed by atoms with van der Waals surface area (Å²) < 4.78 is 0. The van der Waals surface area contributed by atoms with Crippen LogP contribution in [-0.4, -0.2) is 27.8 Å². The second-order valence-corrected chi connectivity index (χ2v) is 6.56. The van der Waals surface area contributed by atoms with E-state index in [0.29, 0.717) is 18.7 Å². The molecule has 0 aliphatic carbocycles. The van der Waals surface area contributed by atoms with E-state index in [1.165, 1.54) is 12.1 Å². The van der Waals surface area contributed by atoms with Crippen LogP contribution in [-0.2, 0) is 11.2 Å². The highest BCUT2D eigenvalue weighted by atomic mass is 79.9. The van der Waals surface area contributed by atoms with Crippen molar-refractivity contribution in [1.29, 1.82) is 0 Å². The van der Waals surface area contributed by atoms with Crippen molar-refractivity contribution < 1.29 is 26.7 Å². The van der Waals surface area contributed by atoms with Crippen molar-refractivity contribution >= 4 is 28.7 Å². The number of nitro benzene ring substituents is 1. The van der Waals surface area contributed by atoms with Crippen molar-refractivity contribution in [1.82, 2.24) is 9.97 Å². The first-order chi connectivity index (χ1) is 14.2. The monoisotopic (exact) mass is 465 g/mol. The van der Waals surface area contributed by atoms with E-state index in [9.17, 15) is 14.9 Å². The van der Waals surface area contributed by atoms with E-state index in [1.807, 2.05) is 42.5 Å². The number of nitrogens with one attached hydrogen (secondary N) is 1. The van der Waals surface area contributed by atoms with Gasteiger partial charge in [-0.2, -0.15) is 0 Å². The third-order valence-electron chi connectivity index (χ3n) is 4.86. The number of para-hydroxylation sites is 1. The minimum atomic E-state index is -0.458. The van der Waals surface area contributed by atoms with Crippen molar-refractivity contribution in [2.24, 2.45) is 0 Å². The van der Waals surface area contributed by atoms with Gasteiger partial charge in [-0.3, -0.25) is 19.9 Å². The molecule has 152 valence electrons. The van der Waals surface area contributed by atoms with Gasteiger partial charge in [0.15, 0.2) is 0 Å². The van der Waals surface area contributed by atoms with Gasteiger partial charge >= 0.3 is 0 Å². The molecule has 0 spiro atoms. The first-order valence-corrected chi connectivity index (χ1v) is 9.15. The minimum Gasteiger partial charge on any atom is -1.00 e. The third-order valence-corrected chi connectivity index (χ3v) is 4.86. The van der Waals surface area contributed by atoms with Crippen LogP contribution in [0.2, 0.25) is 0 Å². The fraction of sp³-hybridized carbons (Fsp3) is 0.0909. The molecule has 7 nitrogen and oxygen atoms in total. The molecule has 0 bridgehead atoms. The van der Waals surface area contributed by atoms with Crippen LogP contribution in [0.15, 0.2) is 72.9 Å². The van der Waals surface area contributed by atoms with Crippen molar-refractivity contribution in [3.05, 3.63) is 88.6 Å². The Kier molecular flexibility index (Phi) is 6.58. The Bertz CT molecular complexity index is 1160. The summed E-state index contributed by atoms with van der Waals surface area (Å²) in [5, 5.41) is 11.9. The Labute approximate surface area is 183 Å². The quantitative estimate of drug-likeness (QED) is 0.253. The number of H-pyrrole nitrogens is 1. The number of benzene rings is 2. The van der Waals surface area contributed by atoms with Crippen molar-refractivity contribution in [2.45, 2.75) is 6.42 Å². The number of anilines is 1. The lowest BCUT2D eigenvalue weighted by molar-refractivity contribution is -0.384. The van der Waals surface area contributed by atoms with Gasteiger partial charge in [-0.25, -0.2) is 0 Å². The number of rotatable bonds is 7. The van der Waals surface area contributed by atoms with E-state index in [0.717, 1.165) is 34.3 Å². The predicted molar refractivity (Wildman–Crippen MR) is 112 cm³/mol. The number of fused-ring (bicyclic) bond motifs is 1. The Morgan fingerprint density at radius 1 is 1.03 bits per heavy atom. The van der Waals surface area contributed by atoms with Gasteiger partial charge in [0.25, 0.3) is 5.69 Å². The van der Waals surface area contributed by atoms with Crippen LogP contribution in [0.25, 0.3) is 22.3 Å². The number of carbonyl (C=O) groups is 1. The molecular formula is C22H18BrN4O3-. The molecule has 2 aromatic carbocycles. The largest absolute Gasteiger partial charge is 1.00 e.